The van der Waals surface area contributed by atoms with E-state index < -0.39 is 35.3 Å². The van der Waals surface area contributed by atoms with E-state index >= 15 is 0 Å². The number of carbonyl (C=O) groups excluding carboxylic acids is 2. The first-order chi connectivity index (χ1) is 11.8. The number of fused-ring (bicyclic) bond motifs is 1. The lowest BCUT2D eigenvalue weighted by molar-refractivity contribution is -0.151. The van der Waals surface area contributed by atoms with Gasteiger partial charge in [0.2, 0.25) is 5.91 Å². The van der Waals surface area contributed by atoms with Gasteiger partial charge in [-0.15, -0.1) is 0 Å². The number of rotatable bonds is 4. The molecule has 7 heteroatoms. The molecule has 4 N–H and O–H groups in total. The average molecular weight is 346 g/mol. The summed E-state index contributed by atoms with van der Waals surface area (Å²) in [5, 5.41) is 25.6. The summed E-state index contributed by atoms with van der Waals surface area (Å²) in [6.07, 6.45) is 2.58. The van der Waals surface area contributed by atoms with E-state index in [-0.39, 0.29) is 0 Å². The van der Waals surface area contributed by atoms with Gasteiger partial charge in [-0.3, -0.25) is 9.59 Å². The van der Waals surface area contributed by atoms with Crippen molar-refractivity contribution in [1.29, 1.82) is 0 Å². The third-order valence-electron chi connectivity index (χ3n) is 5.24. The Morgan fingerprint density at radius 1 is 1.24 bits per heavy atom. The molecule has 2 amide bonds. The number of nitrogens with one attached hydrogen (secondary N) is 2. The molecule has 1 aromatic carbocycles. The van der Waals surface area contributed by atoms with Crippen molar-refractivity contribution in [3.63, 3.8) is 0 Å². The molecule has 25 heavy (non-hydrogen) atoms. The zero-order chi connectivity index (χ0) is 18.2. The molecular formula is C18H22N2O5. The number of hydrogen-bond acceptors (Lipinski definition) is 4. The van der Waals surface area contributed by atoms with Gasteiger partial charge in [0.15, 0.2) is 5.60 Å². The smallest absolute Gasteiger partial charge is 0.329 e. The van der Waals surface area contributed by atoms with Crippen molar-refractivity contribution >= 4 is 23.5 Å². The van der Waals surface area contributed by atoms with Gasteiger partial charge in [0.1, 0.15) is 5.54 Å². The minimum absolute atomic E-state index is 0.348. The molecule has 1 atom stereocenters. The molecule has 1 saturated carbocycles. The van der Waals surface area contributed by atoms with Crippen LogP contribution in [0.1, 0.15) is 49.7 Å². The fourth-order valence-corrected chi connectivity index (χ4v) is 3.78. The fourth-order valence-electron chi connectivity index (χ4n) is 3.78. The fraction of sp³-hybridized carbons (Fsp3) is 0.500. The van der Waals surface area contributed by atoms with Crippen LogP contribution in [0.15, 0.2) is 18.2 Å². The van der Waals surface area contributed by atoms with Gasteiger partial charge in [-0.1, -0.05) is 37.5 Å². The van der Waals surface area contributed by atoms with Crippen LogP contribution in [-0.4, -0.2) is 33.5 Å². The van der Waals surface area contributed by atoms with E-state index in [1.807, 2.05) is 0 Å². The van der Waals surface area contributed by atoms with Crippen LogP contribution in [0, 0.1) is 6.92 Å². The molecule has 1 aromatic rings. The Hall–Kier alpha value is -2.41. The van der Waals surface area contributed by atoms with Crippen molar-refractivity contribution in [3.05, 3.63) is 29.3 Å². The van der Waals surface area contributed by atoms with Gasteiger partial charge in [0.05, 0.1) is 12.1 Å². The van der Waals surface area contributed by atoms with Gasteiger partial charge < -0.3 is 20.8 Å². The lowest BCUT2D eigenvalue weighted by atomic mass is 9.81. The van der Waals surface area contributed by atoms with E-state index in [2.05, 4.69) is 10.6 Å². The molecule has 2 aliphatic rings. The minimum Gasteiger partial charge on any atom is -0.480 e. The highest BCUT2D eigenvalue weighted by Gasteiger charge is 2.49. The molecule has 134 valence electrons. The van der Waals surface area contributed by atoms with E-state index in [1.165, 1.54) is 0 Å². The lowest BCUT2D eigenvalue weighted by Crippen LogP contribution is -2.56. The largest absolute Gasteiger partial charge is 0.480 e. The quantitative estimate of drug-likeness (QED) is 0.658. The SMILES string of the molecule is Cc1cccc2c1NC(=O)C2(O)CC(=O)NC1(C(=O)O)CCCCC1. The van der Waals surface area contributed by atoms with Crippen LogP contribution in [0.25, 0.3) is 0 Å². The maximum Gasteiger partial charge on any atom is 0.329 e. The molecule has 0 saturated heterocycles. The summed E-state index contributed by atoms with van der Waals surface area (Å²) in [6.45, 7) is 1.80. The van der Waals surface area contributed by atoms with Crippen molar-refractivity contribution in [2.45, 2.75) is 56.6 Å². The average Bonchev–Trinajstić information content (AvgIpc) is 2.81. The van der Waals surface area contributed by atoms with Gasteiger partial charge >= 0.3 is 5.97 Å². The Labute approximate surface area is 145 Å². The van der Waals surface area contributed by atoms with Gasteiger partial charge in [-0.05, 0) is 25.3 Å². The number of benzene rings is 1. The van der Waals surface area contributed by atoms with Crippen LogP contribution in [-0.2, 0) is 20.0 Å². The zero-order valence-electron chi connectivity index (χ0n) is 14.1. The maximum absolute atomic E-state index is 12.5. The maximum atomic E-state index is 12.5. The van der Waals surface area contributed by atoms with E-state index in [9.17, 15) is 24.6 Å². The molecule has 1 fully saturated rings. The Morgan fingerprint density at radius 3 is 2.56 bits per heavy atom. The summed E-state index contributed by atoms with van der Waals surface area (Å²) >= 11 is 0. The van der Waals surface area contributed by atoms with Gasteiger partial charge in [0, 0.05) is 5.56 Å². The number of aliphatic hydroxyl groups is 1. The molecular weight excluding hydrogens is 324 g/mol. The first-order valence-electron chi connectivity index (χ1n) is 8.47. The molecule has 0 bridgehead atoms. The van der Waals surface area contributed by atoms with Crippen LogP contribution in [0.2, 0.25) is 0 Å². The van der Waals surface area contributed by atoms with E-state index in [0.29, 0.717) is 24.1 Å². The number of carbonyl (C=O) groups is 3. The predicted molar refractivity (Wildman–Crippen MR) is 89.9 cm³/mol. The number of para-hydroxylation sites is 1. The monoisotopic (exact) mass is 346 g/mol. The van der Waals surface area contributed by atoms with E-state index in [0.717, 1.165) is 24.8 Å². The number of carboxylic acid groups (broad SMARTS) is 1. The number of aryl methyl sites for hydroxylation is 1. The molecule has 1 unspecified atom stereocenters. The summed E-state index contributed by atoms with van der Waals surface area (Å²) in [6, 6.07) is 5.10. The number of hydrogen-bond donors (Lipinski definition) is 4. The second-order valence-electron chi connectivity index (χ2n) is 6.98. The van der Waals surface area contributed by atoms with Crippen molar-refractivity contribution in [2.75, 3.05) is 5.32 Å². The molecule has 0 radical (unpaired) electrons. The third-order valence-corrected chi connectivity index (χ3v) is 5.24. The standard InChI is InChI=1S/C18H22N2O5/c1-11-6-5-7-12-14(11)19-15(22)18(12,25)10-13(21)20-17(16(23)24)8-3-2-4-9-17/h5-7,25H,2-4,8-10H2,1H3,(H,19,22)(H,20,21)(H,23,24). The van der Waals surface area contributed by atoms with Crippen molar-refractivity contribution in [1.82, 2.24) is 5.32 Å². The Balaban J connectivity index is 1.82. The van der Waals surface area contributed by atoms with Crippen molar-refractivity contribution in [2.24, 2.45) is 0 Å². The Morgan fingerprint density at radius 2 is 1.92 bits per heavy atom. The van der Waals surface area contributed by atoms with Crippen LogP contribution >= 0.6 is 0 Å². The van der Waals surface area contributed by atoms with Crippen LogP contribution in [0.4, 0.5) is 5.69 Å². The van der Waals surface area contributed by atoms with Crippen molar-refractivity contribution < 1.29 is 24.6 Å². The second kappa shape index (κ2) is 6.15. The van der Waals surface area contributed by atoms with Crippen LogP contribution in [0.3, 0.4) is 0 Å². The molecule has 1 aliphatic heterocycles. The first kappa shape index (κ1) is 17.4. The molecule has 3 rings (SSSR count). The minimum atomic E-state index is -1.99. The summed E-state index contributed by atoms with van der Waals surface area (Å²) in [5.41, 5.74) is -1.65. The Kier molecular flexibility index (Phi) is 4.28. The third kappa shape index (κ3) is 2.89. The molecule has 0 spiro atoms. The molecule has 1 aliphatic carbocycles. The van der Waals surface area contributed by atoms with Crippen LogP contribution in [0.5, 0.6) is 0 Å². The number of anilines is 1. The zero-order valence-corrected chi connectivity index (χ0v) is 14.1. The Bertz CT molecular complexity index is 739. The summed E-state index contributed by atoms with van der Waals surface area (Å²) in [7, 11) is 0. The normalized spacial score (nSPS) is 24.3. The van der Waals surface area contributed by atoms with E-state index in [1.54, 1.807) is 25.1 Å². The molecule has 0 aromatic heterocycles. The topological polar surface area (TPSA) is 116 Å². The number of carboxylic acids is 1. The first-order valence-corrected chi connectivity index (χ1v) is 8.47. The summed E-state index contributed by atoms with van der Waals surface area (Å²) < 4.78 is 0. The number of aliphatic carboxylic acids is 1. The van der Waals surface area contributed by atoms with Gasteiger partial charge in [-0.25, -0.2) is 4.79 Å². The lowest BCUT2D eigenvalue weighted by Gasteiger charge is -2.34. The van der Waals surface area contributed by atoms with Crippen LogP contribution < -0.4 is 10.6 Å². The van der Waals surface area contributed by atoms with Crippen molar-refractivity contribution in [3.8, 4) is 0 Å². The molecule has 7 nitrogen and oxygen atoms in total. The van der Waals surface area contributed by atoms with Gasteiger partial charge in [0.25, 0.3) is 5.91 Å². The highest BCUT2D eigenvalue weighted by atomic mass is 16.4. The highest BCUT2D eigenvalue weighted by molar-refractivity contribution is 6.07. The van der Waals surface area contributed by atoms with Gasteiger partial charge in [-0.2, -0.15) is 0 Å². The van der Waals surface area contributed by atoms with E-state index in [4.69, 9.17) is 0 Å². The number of amides is 2. The summed E-state index contributed by atoms with van der Waals surface area (Å²) in [4.78, 5) is 36.5. The summed E-state index contributed by atoms with van der Waals surface area (Å²) in [5.74, 6) is -2.38. The molecule has 1 heterocycles. The highest BCUT2D eigenvalue weighted by Crippen LogP contribution is 2.40. The second-order valence-corrected chi connectivity index (χ2v) is 6.98. The predicted octanol–water partition coefficient (Wildman–Crippen LogP) is 1.43.